The van der Waals surface area contributed by atoms with E-state index < -0.39 is 44.7 Å². The normalized spacial score (nSPS) is 13.8. The molecule has 11 heteroatoms. The largest absolute Gasteiger partial charge is 0.417 e. The fourth-order valence-corrected chi connectivity index (χ4v) is 4.80. The summed E-state index contributed by atoms with van der Waals surface area (Å²) in [5, 5.41) is 1.75. The number of hydrogen-bond acceptors (Lipinski definition) is 4. The molecule has 0 bridgehead atoms. The Morgan fingerprint density at radius 1 is 1.16 bits per heavy atom. The van der Waals surface area contributed by atoms with E-state index >= 15 is 0 Å². The van der Waals surface area contributed by atoms with Crippen molar-refractivity contribution >= 4 is 44.6 Å². The summed E-state index contributed by atoms with van der Waals surface area (Å²) in [7, 11) is -3.81. The second-order valence-electron chi connectivity index (χ2n) is 7.02. The summed E-state index contributed by atoms with van der Waals surface area (Å²) in [6, 6.07) is 7.32. The van der Waals surface area contributed by atoms with Crippen molar-refractivity contribution in [3.63, 3.8) is 0 Å². The van der Waals surface area contributed by atoms with E-state index in [4.69, 9.17) is 11.6 Å². The summed E-state index contributed by atoms with van der Waals surface area (Å²) in [5.74, 6) is -1.40. The van der Waals surface area contributed by atoms with Gasteiger partial charge in [-0.1, -0.05) is 11.6 Å². The number of fused-ring (bicyclic) bond motifs is 1. The first-order valence-electron chi connectivity index (χ1n) is 9.19. The van der Waals surface area contributed by atoms with E-state index in [0.29, 0.717) is 24.7 Å². The molecule has 3 rings (SSSR count). The molecule has 2 aromatic carbocycles. The molecule has 1 heterocycles. The molecule has 0 aliphatic carbocycles. The maximum atomic E-state index is 12.9. The first-order chi connectivity index (χ1) is 14.4. The molecule has 0 aromatic heterocycles. The number of halogens is 4. The summed E-state index contributed by atoms with van der Waals surface area (Å²) in [4.78, 5) is 25.3. The van der Waals surface area contributed by atoms with Crippen LogP contribution in [-0.4, -0.2) is 32.5 Å². The van der Waals surface area contributed by atoms with Crippen LogP contribution in [0.1, 0.15) is 24.5 Å². The minimum Gasteiger partial charge on any atom is -0.326 e. The summed E-state index contributed by atoms with van der Waals surface area (Å²) >= 11 is 5.54. The Balaban J connectivity index is 1.67. The third kappa shape index (κ3) is 5.19. The van der Waals surface area contributed by atoms with Gasteiger partial charge in [0.25, 0.3) is 0 Å². The van der Waals surface area contributed by atoms with Gasteiger partial charge in [0.15, 0.2) is 9.84 Å². The Hall–Kier alpha value is -2.59. The van der Waals surface area contributed by atoms with E-state index in [0.717, 1.165) is 11.6 Å². The first kappa shape index (κ1) is 23.1. The molecule has 0 unspecified atom stereocenters. The number of alkyl halides is 3. The maximum Gasteiger partial charge on any atom is 0.417 e. The smallest absolute Gasteiger partial charge is 0.326 e. The minimum atomic E-state index is -4.69. The van der Waals surface area contributed by atoms with Gasteiger partial charge in [-0.2, -0.15) is 13.2 Å². The quantitative estimate of drug-likeness (QED) is 0.708. The van der Waals surface area contributed by atoms with Crippen LogP contribution in [0.4, 0.5) is 24.5 Å². The van der Waals surface area contributed by atoms with Crippen molar-refractivity contribution in [2.24, 2.45) is 0 Å². The average molecular weight is 475 g/mol. The highest BCUT2D eigenvalue weighted by molar-refractivity contribution is 7.91. The fraction of sp³-hybridized carbons (Fsp3) is 0.300. The lowest BCUT2D eigenvalue weighted by Gasteiger charge is -2.15. The average Bonchev–Trinajstić information content (AvgIpc) is 3.11. The zero-order chi connectivity index (χ0) is 23.0. The van der Waals surface area contributed by atoms with Crippen molar-refractivity contribution < 1.29 is 31.2 Å². The first-order valence-corrected chi connectivity index (χ1v) is 11.2. The molecule has 1 aliphatic rings. The van der Waals surface area contributed by atoms with E-state index in [9.17, 15) is 31.2 Å². The van der Waals surface area contributed by atoms with Crippen LogP contribution in [0.2, 0.25) is 5.02 Å². The van der Waals surface area contributed by atoms with Crippen LogP contribution in [-0.2, 0) is 32.0 Å². The van der Waals surface area contributed by atoms with Gasteiger partial charge in [-0.3, -0.25) is 9.59 Å². The van der Waals surface area contributed by atoms with Crippen LogP contribution in [0.5, 0.6) is 0 Å². The number of carbonyl (C=O) groups is 2. The second-order valence-corrected chi connectivity index (χ2v) is 9.54. The predicted molar refractivity (Wildman–Crippen MR) is 110 cm³/mol. The van der Waals surface area contributed by atoms with Gasteiger partial charge in [0.05, 0.1) is 21.2 Å². The summed E-state index contributed by atoms with van der Waals surface area (Å²) < 4.78 is 64.0. The van der Waals surface area contributed by atoms with Crippen LogP contribution >= 0.6 is 11.6 Å². The predicted octanol–water partition coefficient (Wildman–Crippen LogP) is 4.07. The van der Waals surface area contributed by atoms with Crippen molar-refractivity contribution in [2.75, 3.05) is 22.5 Å². The summed E-state index contributed by atoms with van der Waals surface area (Å²) in [6.07, 6.45) is -4.60. The molecule has 1 aliphatic heterocycles. The molecule has 0 spiro atoms. The lowest BCUT2D eigenvalue weighted by atomic mass is 10.2. The Bertz CT molecular complexity index is 1150. The van der Waals surface area contributed by atoms with E-state index in [1.54, 1.807) is 11.0 Å². The molecule has 166 valence electrons. The van der Waals surface area contributed by atoms with Gasteiger partial charge in [0, 0.05) is 31.3 Å². The lowest BCUT2D eigenvalue weighted by molar-refractivity contribution is -0.137. The number of nitrogens with zero attached hydrogens (tertiary/aromatic N) is 1. The highest BCUT2D eigenvalue weighted by atomic mass is 35.5. The van der Waals surface area contributed by atoms with Gasteiger partial charge in [0.1, 0.15) is 0 Å². The summed E-state index contributed by atoms with van der Waals surface area (Å²) in [5.41, 5.74) is 0.146. The van der Waals surface area contributed by atoms with E-state index in [-0.39, 0.29) is 16.5 Å². The number of carbonyl (C=O) groups excluding carboxylic acids is 2. The second kappa shape index (κ2) is 8.51. The zero-order valence-corrected chi connectivity index (χ0v) is 17.9. The highest BCUT2D eigenvalue weighted by Crippen LogP contribution is 2.36. The number of amides is 2. The van der Waals surface area contributed by atoms with Crippen LogP contribution in [0.25, 0.3) is 0 Å². The molecule has 0 saturated heterocycles. The van der Waals surface area contributed by atoms with Gasteiger partial charge in [0.2, 0.25) is 11.8 Å². The molecule has 6 nitrogen and oxygen atoms in total. The molecule has 31 heavy (non-hydrogen) atoms. The van der Waals surface area contributed by atoms with Crippen molar-refractivity contribution in [2.45, 2.75) is 30.8 Å². The number of hydrogen-bond donors (Lipinski definition) is 1. The number of anilines is 2. The minimum absolute atomic E-state index is 0.0234. The molecule has 0 radical (unpaired) electrons. The third-order valence-electron chi connectivity index (χ3n) is 4.84. The van der Waals surface area contributed by atoms with E-state index in [1.165, 1.54) is 25.1 Å². The highest BCUT2D eigenvalue weighted by Gasteiger charge is 2.33. The van der Waals surface area contributed by atoms with Crippen molar-refractivity contribution in [1.29, 1.82) is 0 Å². The van der Waals surface area contributed by atoms with Crippen molar-refractivity contribution in [3.8, 4) is 0 Å². The van der Waals surface area contributed by atoms with E-state index in [1.807, 2.05) is 0 Å². The maximum absolute atomic E-state index is 12.9. The van der Waals surface area contributed by atoms with Crippen LogP contribution in [0, 0.1) is 0 Å². The number of nitrogens with one attached hydrogen (secondary N) is 1. The molecular formula is C20H18ClF3N2O4S. The lowest BCUT2D eigenvalue weighted by Crippen LogP contribution is -2.25. The molecule has 2 aromatic rings. The number of benzene rings is 2. The summed E-state index contributed by atoms with van der Waals surface area (Å²) in [6.45, 7) is 1.90. The Labute approximate surface area is 181 Å². The molecule has 0 atom stereocenters. The molecular weight excluding hydrogens is 457 g/mol. The fourth-order valence-electron chi connectivity index (χ4n) is 3.29. The van der Waals surface area contributed by atoms with Crippen LogP contribution < -0.4 is 10.2 Å². The topological polar surface area (TPSA) is 83.6 Å². The molecule has 0 fully saturated rings. The SMILES string of the molecule is CC(=O)N1CCc2cc(S(=O)(=O)CCC(=O)Nc3ccc(Cl)c(C(F)(F)F)c3)ccc21. The molecule has 1 N–H and O–H groups in total. The molecule has 2 amide bonds. The van der Waals surface area contributed by atoms with Crippen LogP contribution in [0.15, 0.2) is 41.3 Å². The monoisotopic (exact) mass is 474 g/mol. The number of sulfone groups is 1. The van der Waals surface area contributed by atoms with Crippen molar-refractivity contribution in [3.05, 3.63) is 52.5 Å². The van der Waals surface area contributed by atoms with Crippen molar-refractivity contribution in [1.82, 2.24) is 0 Å². The van der Waals surface area contributed by atoms with Gasteiger partial charge in [-0.05, 0) is 48.4 Å². The standard InChI is InChI=1S/C20H18ClF3N2O4S/c1-12(27)26-8-6-13-10-15(3-5-18(13)26)31(29,30)9-7-19(28)25-14-2-4-17(21)16(11-14)20(22,23)24/h2-5,10-11H,6-9H2,1H3,(H,25,28). The van der Waals surface area contributed by atoms with Gasteiger partial charge in [-0.25, -0.2) is 8.42 Å². The zero-order valence-electron chi connectivity index (χ0n) is 16.3. The molecule has 0 saturated carbocycles. The third-order valence-corrected chi connectivity index (χ3v) is 6.88. The van der Waals surface area contributed by atoms with Gasteiger partial charge >= 0.3 is 6.18 Å². The Morgan fingerprint density at radius 3 is 2.52 bits per heavy atom. The Morgan fingerprint density at radius 2 is 1.87 bits per heavy atom. The van der Waals surface area contributed by atoms with Crippen LogP contribution in [0.3, 0.4) is 0 Å². The Kier molecular flexibility index (Phi) is 6.33. The van der Waals surface area contributed by atoms with Gasteiger partial charge in [-0.15, -0.1) is 0 Å². The number of rotatable bonds is 5. The van der Waals surface area contributed by atoms with Gasteiger partial charge < -0.3 is 10.2 Å². The van der Waals surface area contributed by atoms with E-state index in [2.05, 4.69) is 5.32 Å².